The summed E-state index contributed by atoms with van der Waals surface area (Å²) < 4.78 is 0. The minimum absolute atomic E-state index is 0.0775. The summed E-state index contributed by atoms with van der Waals surface area (Å²) in [5.74, 6) is 0.204. The van der Waals surface area contributed by atoms with Crippen molar-refractivity contribution in [1.82, 2.24) is 10.6 Å². The van der Waals surface area contributed by atoms with Crippen LogP contribution in [0.5, 0.6) is 0 Å². The van der Waals surface area contributed by atoms with Crippen LogP contribution in [0.2, 0.25) is 10.0 Å². The summed E-state index contributed by atoms with van der Waals surface area (Å²) in [6.07, 6.45) is 2.15. The Morgan fingerprint density at radius 3 is 2.35 bits per heavy atom. The van der Waals surface area contributed by atoms with Crippen molar-refractivity contribution < 1.29 is 0 Å². The highest BCUT2D eigenvalue weighted by Gasteiger charge is 2.35. The van der Waals surface area contributed by atoms with E-state index in [9.17, 15) is 0 Å². The molecule has 6 heteroatoms. The SMILES string of the molecule is S=C1N=C2/C(=C/c3ccc(Cl)cc3)CNCC2C(c2ccc(Cl)cc2)N1. The Hall–Kier alpha value is -1.72. The second-order valence-corrected chi connectivity index (χ2v) is 7.69. The van der Waals surface area contributed by atoms with Crippen LogP contribution in [-0.2, 0) is 0 Å². The van der Waals surface area contributed by atoms with E-state index in [1.54, 1.807) is 0 Å². The molecule has 2 aliphatic heterocycles. The highest BCUT2D eigenvalue weighted by atomic mass is 35.5. The number of rotatable bonds is 2. The van der Waals surface area contributed by atoms with Crippen LogP contribution in [0.15, 0.2) is 59.1 Å². The van der Waals surface area contributed by atoms with Crippen molar-refractivity contribution >= 4 is 52.3 Å². The van der Waals surface area contributed by atoms with E-state index in [2.05, 4.69) is 21.7 Å². The maximum Gasteiger partial charge on any atom is 0.193 e. The molecule has 132 valence electrons. The molecule has 0 spiro atoms. The fourth-order valence-corrected chi connectivity index (χ4v) is 3.94. The zero-order chi connectivity index (χ0) is 18.1. The third-order valence-electron chi connectivity index (χ3n) is 4.70. The molecule has 2 aliphatic rings. The molecule has 0 radical (unpaired) electrons. The van der Waals surface area contributed by atoms with Gasteiger partial charge in [0.05, 0.1) is 11.8 Å². The van der Waals surface area contributed by atoms with Gasteiger partial charge >= 0.3 is 0 Å². The van der Waals surface area contributed by atoms with Gasteiger partial charge in [0, 0.05) is 29.1 Å². The lowest BCUT2D eigenvalue weighted by Gasteiger charge is -2.38. The van der Waals surface area contributed by atoms with E-state index in [1.807, 2.05) is 48.5 Å². The summed E-state index contributed by atoms with van der Waals surface area (Å²) in [4.78, 5) is 4.67. The lowest BCUT2D eigenvalue weighted by Crippen LogP contribution is -2.50. The highest BCUT2D eigenvalue weighted by molar-refractivity contribution is 7.80. The summed E-state index contributed by atoms with van der Waals surface area (Å²) >= 11 is 17.5. The molecule has 4 rings (SSSR count). The van der Waals surface area contributed by atoms with Gasteiger partial charge in [-0.2, -0.15) is 0 Å². The maximum atomic E-state index is 6.04. The van der Waals surface area contributed by atoms with E-state index in [0.717, 1.165) is 45.5 Å². The first-order valence-corrected chi connectivity index (χ1v) is 9.58. The van der Waals surface area contributed by atoms with E-state index >= 15 is 0 Å². The fourth-order valence-electron chi connectivity index (χ4n) is 3.46. The molecule has 0 saturated carbocycles. The van der Waals surface area contributed by atoms with E-state index in [0.29, 0.717) is 5.11 Å². The van der Waals surface area contributed by atoms with E-state index < -0.39 is 0 Å². The van der Waals surface area contributed by atoms with Gasteiger partial charge in [0.15, 0.2) is 5.11 Å². The van der Waals surface area contributed by atoms with Crippen LogP contribution < -0.4 is 10.6 Å². The monoisotopic (exact) mass is 401 g/mol. The van der Waals surface area contributed by atoms with Gasteiger partial charge in [0.1, 0.15) is 0 Å². The predicted molar refractivity (Wildman–Crippen MR) is 113 cm³/mol. The molecule has 1 fully saturated rings. The van der Waals surface area contributed by atoms with Crippen molar-refractivity contribution in [3.8, 4) is 0 Å². The Balaban J connectivity index is 1.69. The van der Waals surface area contributed by atoms with E-state index in [-0.39, 0.29) is 12.0 Å². The zero-order valence-electron chi connectivity index (χ0n) is 13.9. The van der Waals surface area contributed by atoms with Crippen molar-refractivity contribution in [2.75, 3.05) is 13.1 Å². The van der Waals surface area contributed by atoms with Gasteiger partial charge in [0.2, 0.25) is 0 Å². The van der Waals surface area contributed by atoms with Crippen LogP contribution in [0.3, 0.4) is 0 Å². The lowest BCUT2D eigenvalue weighted by atomic mass is 9.82. The number of thiocarbonyl (C=S) groups is 1. The van der Waals surface area contributed by atoms with Gasteiger partial charge in [-0.05, 0) is 59.3 Å². The molecule has 2 aromatic rings. The van der Waals surface area contributed by atoms with Crippen molar-refractivity contribution in [2.24, 2.45) is 10.9 Å². The van der Waals surface area contributed by atoms with Crippen LogP contribution >= 0.6 is 35.4 Å². The topological polar surface area (TPSA) is 36.4 Å². The lowest BCUT2D eigenvalue weighted by molar-refractivity contribution is 0.455. The van der Waals surface area contributed by atoms with Gasteiger partial charge in [-0.1, -0.05) is 47.5 Å². The molecular weight excluding hydrogens is 385 g/mol. The van der Waals surface area contributed by atoms with Gasteiger partial charge in [-0.3, -0.25) is 0 Å². The number of piperidine rings is 1. The van der Waals surface area contributed by atoms with Crippen LogP contribution in [-0.4, -0.2) is 23.9 Å². The summed E-state index contributed by atoms with van der Waals surface area (Å²) in [5.41, 5.74) is 4.47. The zero-order valence-corrected chi connectivity index (χ0v) is 16.2. The first kappa shape index (κ1) is 17.7. The van der Waals surface area contributed by atoms with Crippen LogP contribution in [0.25, 0.3) is 6.08 Å². The Labute approximate surface area is 168 Å². The van der Waals surface area contributed by atoms with Crippen LogP contribution in [0.1, 0.15) is 17.2 Å². The van der Waals surface area contributed by atoms with E-state index in [1.165, 1.54) is 0 Å². The first-order chi connectivity index (χ1) is 12.6. The van der Waals surface area contributed by atoms with Gasteiger partial charge in [0.25, 0.3) is 0 Å². The van der Waals surface area contributed by atoms with Crippen LogP contribution in [0, 0.1) is 5.92 Å². The van der Waals surface area contributed by atoms with E-state index in [4.69, 9.17) is 35.4 Å². The van der Waals surface area contributed by atoms with Crippen molar-refractivity contribution in [2.45, 2.75) is 6.04 Å². The molecule has 2 N–H and O–H groups in total. The molecule has 2 unspecified atom stereocenters. The molecule has 0 amide bonds. The van der Waals surface area contributed by atoms with Gasteiger partial charge < -0.3 is 10.6 Å². The minimum Gasteiger partial charge on any atom is -0.353 e. The molecule has 2 aromatic carbocycles. The molecule has 3 nitrogen and oxygen atoms in total. The van der Waals surface area contributed by atoms with Crippen molar-refractivity contribution in [3.63, 3.8) is 0 Å². The average Bonchev–Trinajstić information content (AvgIpc) is 2.64. The first-order valence-electron chi connectivity index (χ1n) is 8.42. The Kier molecular flexibility index (Phi) is 5.09. The largest absolute Gasteiger partial charge is 0.353 e. The second kappa shape index (κ2) is 7.49. The standard InChI is InChI=1S/C20H17Cl2N3S/c21-15-5-1-12(2-6-15)9-14-10-23-11-17-18(24-20(26)25-19(14)17)13-3-7-16(22)8-4-13/h1-9,17-18,23H,10-11H2,(H,24,26)/b14-9+. The molecule has 0 aliphatic carbocycles. The minimum atomic E-state index is 0.0775. The third kappa shape index (κ3) is 3.69. The molecule has 0 aromatic heterocycles. The molecule has 0 bridgehead atoms. The number of fused-ring (bicyclic) bond motifs is 1. The number of benzene rings is 2. The number of nitrogens with one attached hydrogen (secondary N) is 2. The molecule has 2 heterocycles. The third-order valence-corrected chi connectivity index (χ3v) is 5.42. The van der Waals surface area contributed by atoms with Crippen LogP contribution in [0.4, 0.5) is 0 Å². The van der Waals surface area contributed by atoms with Crippen molar-refractivity contribution in [1.29, 1.82) is 0 Å². The summed E-state index contributed by atoms with van der Waals surface area (Å²) in [6, 6.07) is 15.8. The molecule has 26 heavy (non-hydrogen) atoms. The predicted octanol–water partition coefficient (Wildman–Crippen LogP) is 4.67. The number of hydrogen-bond acceptors (Lipinski definition) is 2. The summed E-state index contributed by atoms with van der Waals surface area (Å²) in [6.45, 7) is 1.62. The van der Waals surface area contributed by atoms with Gasteiger partial charge in [-0.25, -0.2) is 4.99 Å². The molecule has 2 atom stereocenters. The number of halogens is 2. The molecule has 1 saturated heterocycles. The number of aliphatic imine (C=N–C) groups is 1. The number of nitrogens with zero attached hydrogens (tertiary/aromatic N) is 1. The Morgan fingerprint density at radius 1 is 1.00 bits per heavy atom. The van der Waals surface area contributed by atoms with Gasteiger partial charge in [-0.15, -0.1) is 0 Å². The van der Waals surface area contributed by atoms with Crippen molar-refractivity contribution in [3.05, 3.63) is 75.3 Å². The quantitative estimate of drug-likeness (QED) is 0.717. The number of hydrogen-bond donors (Lipinski definition) is 2. The normalized spacial score (nSPS) is 24.0. The molecular formula is C20H17Cl2N3S. The fraction of sp³-hybridized carbons (Fsp3) is 0.200. The highest BCUT2D eigenvalue weighted by Crippen LogP contribution is 2.32. The Bertz CT molecular complexity index is 888. The second-order valence-electron chi connectivity index (χ2n) is 6.43. The smallest absolute Gasteiger partial charge is 0.193 e. The summed E-state index contributed by atoms with van der Waals surface area (Å²) in [7, 11) is 0. The maximum absolute atomic E-state index is 6.04. The summed E-state index contributed by atoms with van der Waals surface area (Å²) in [5, 5.41) is 8.85. The Morgan fingerprint density at radius 2 is 1.65 bits per heavy atom. The average molecular weight is 402 g/mol.